The average molecular weight is 340 g/mol. The molecule has 1 atom stereocenters. The average Bonchev–Trinajstić information content (AvgIpc) is 2.62. The van der Waals surface area contributed by atoms with Crippen LogP contribution in [0.3, 0.4) is 0 Å². The molecule has 0 fully saturated rings. The Morgan fingerprint density at radius 1 is 1.12 bits per heavy atom. The van der Waals surface area contributed by atoms with Crippen LogP contribution in [0, 0.1) is 0 Å². The highest BCUT2D eigenvalue weighted by molar-refractivity contribution is 5.97. The van der Waals surface area contributed by atoms with Crippen LogP contribution in [0.2, 0.25) is 0 Å². The van der Waals surface area contributed by atoms with Crippen molar-refractivity contribution in [3.05, 3.63) is 59.7 Å². The van der Waals surface area contributed by atoms with Crippen molar-refractivity contribution in [2.45, 2.75) is 32.7 Å². The van der Waals surface area contributed by atoms with Crippen LogP contribution in [0.1, 0.15) is 36.2 Å². The number of amides is 2. The Labute approximate surface area is 148 Å². The van der Waals surface area contributed by atoms with Gasteiger partial charge in [0.25, 0.3) is 5.91 Å². The van der Waals surface area contributed by atoms with E-state index in [-0.39, 0.29) is 24.3 Å². The summed E-state index contributed by atoms with van der Waals surface area (Å²) in [6, 6.07) is 14.4. The van der Waals surface area contributed by atoms with Crippen LogP contribution < -0.4 is 15.4 Å². The van der Waals surface area contributed by atoms with Gasteiger partial charge in [-0.15, -0.1) is 0 Å². The topological polar surface area (TPSA) is 67.4 Å². The van der Waals surface area contributed by atoms with E-state index < -0.39 is 0 Å². The van der Waals surface area contributed by atoms with E-state index in [0.717, 1.165) is 17.7 Å². The number of benzene rings is 2. The molecule has 0 heterocycles. The number of hydrogen-bond acceptors (Lipinski definition) is 3. The predicted octanol–water partition coefficient (Wildman–Crippen LogP) is 3.40. The number of carbonyl (C=O) groups excluding carboxylic acids is 2. The second-order valence-corrected chi connectivity index (χ2v) is 5.94. The fraction of sp³-hybridized carbons (Fsp3) is 0.300. The van der Waals surface area contributed by atoms with E-state index in [4.69, 9.17) is 4.74 Å². The van der Waals surface area contributed by atoms with Crippen LogP contribution in [-0.2, 0) is 11.2 Å². The summed E-state index contributed by atoms with van der Waals surface area (Å²) in [6.45, 7) is 3.97. The van der Waals surface area contributed by atoms with E-state index in [2.05, 4.69) is 10.6 Å². The molecule has 0 radical (unpaired) electrons. The lowest BCUT2D eigenvalue weighted by molar-refractivity contribution is -0.115. The third kappa shape index (κ3) is 5.64. The molecule has 0 spiro atoms. The first kappa shape index (κ1) is 18.5. The number of hydrogen-bond donors (Lipinski definition) is 2. The summed E-state index contributed by atoms with van der Waals surface area (Å²) in [5.74, 6) is 0.481. The summed E-state index contributed by atoms with van der Waals surface area (Å²) < 4.78 is 5.10. The van der Waals surface area contributed by atoms with Crippen LogP contribution in [0.5, 0.6) is 5.75 Å². The van der Waals surface area contributed by atoms with Crippen LogP contribution in [0.4, 0.5) is 5.69 Å². The maximum Gasteiger partial charge on any atom is 0.251 e. The van der Waals surface area contributed by atoms with Gasteiger partial charge in [-0.3, -0.25) is 9.59 Å². The van der Waals surface area contributed by atoms with E-state index in [0.29, 0.717) is 11.3 Å². The predicted molar refractivity (Wildman–Crippen MR) is 99.0 cm³/mol. The Kier molecular flexibility index (Phi) is 6.57. The van der Waals surface area contributed by atoms with E-state index in [1.54, 1.807) is 31.4 Å². The third-order valence-corrected chi connectivity index (χ3v) is 3.92. The zero-order valence-electron chi connectivity index (χ0n) is 14.8. The summed E-state index contributed by atoms with van der Waals surface area (Å²) in [4.78, 5) is 24.4. The second-order valence-electron chi connectivity index (χ2n) is 5.94. The molecule has 0 saturated heterocycles. The zero-order valence-corrected chi connectivity index (χ0v) is 14.8. The Morgan fingerprint density at radius 3 is 2.48 bits per heavy atom. The van der Waals surface area contributed by atoms with Crippen molar-refractivity contribution in [3.8, 4) is 5.75 Å². The zero-order chi connectivity index (χ0) is 18.2. The van der Waals surface area contributed by atoms with Gasteiger partial charge in [0.05, 0.1) is 13.5 Å². The number of rotatable bonds is 7. The Bertz CT molecular complexity index is 726. The van der Waals surface area contributed by atoms with Crippen molar-refractivity contribution in [2.75, 3.05) is 12.4 Å². The highest BCUT2D eigenvalue weighted by Crippen LogP contribution is 2.14. The Hall–Kier alpha value is -2.82. The first-order valence-corrected chi connectivity index (χ1v) is 8.35. The van der Waals surface area contributed by atoms with E-state index in [1.807, 2.05) is 38.1 Å². The first-order valence-electron chi connectivity index (χ1n) is 8.35. The molecule has 5 heteroatoms. The molecule has 0 aromatic heterocycles. The lowest BCUT2D eigenvalue weighted by Crippen LogP contribution is -2.31. The summed E-state index contributed by atoms with van der Waals surface area (Å²) in [6.07, 6.45) is 1.12. The van der Waals surface area contributed by atoms with Gasteiger partial charge in [-0.2, -0.15) is 0 Å². The van der Waals surface area contributed by atoms with Gasteiger partial charge < -0.3 is 15.4 Å². The molecule has 0 bridgehead atoms. The lowest BCUT2D eigenvalue weighted by Gasteiger charge is -2.12. The maximum atomic E-state index is 12.2. The van der Waals surface area contributed by atoms with Gasteiger partial charge in [-0.05, 0) is 49.2 Å². The molecule has 2 aromatic rings. The Morgan fingerprint density at radius 2 is 1.84 bits per heavy atom. The van der Waals surface area contributed by atoms with E-state index in [1.165, 1.54) is 0 Å². The van der Waals surface area contributed by atoms with Crippen molar-refractivity contribution in [3.63, 3.8) is 0 Å². The molecule has 0 unspecified atom stereocenters. The molecule has 2 rings (SSSR count). The molecule has 0 aliphatic rings. The normalized spacial score (nSPS) is 11.5. The minimum atomic E-state index is -0.138. The van der Waals surface area contributed by atoms with Gasteiger partial charge in [0.2, 0.25) is 5.91 Å². The molecular weight excluding hydrogens is 316 g/mol. The van der Waals surface area contributed by atoms with Gasteiger partial charge in [0.1, 0.15) is 5.75 Å². The summed E-state index contributed by atoms with van der Waals surface area (Å²) in [5.41, 5.74) is 2.03. The molecule has 5 nitrogen and oxygen atoms in total. The summed E-state index contributed by atoms with van der Waals surface area (Å²) >= 11 is 0. The SMILES string of the molecule is CC[C@@H](C)NC(=O)c1cccc(NC(=O)Cc2ccc(OC)cc2)c1. The highest BCUT2D eigenvalue weighted by Gasteiger charge is 2.10. The fourth-order valence-electron chi connectivity index (χ4n) is 2.28. The summed E-state index contributed by atoms with van der Waals surface area (Å²) in [5, 5.41) is 5.74. The van der Waals surface area contributed by atoms with Gasteiger partial charge in [0.15, 0.2) is 0 Å². The fourth-order valence-corrected chi connectivity index (χ4v) is 2.28. The smallest absolute Gasteiger partial charge is 0.251 e. The third-order valence-electron chi connectivity index (χ3n) is 3.92. The quantitative estimate of drug-likeness (QED) is 0.812. The standard InChI is InChI=1S/C20H24N2O3/c1-4-14(2)21-20(24)16-6-5-7-17(13-16)22-19(23)12-15-8-10-18(25-3)11-9-15/h5-11,13-14H,4,12H2,1-3H3,(H,21,24)(H,22,23)/t14-/m1/s1. The van der Waals surface area contributed by atoms with Gasteiger partial charge >= 0.3 is 0 Å². The molecular formula is C20H24N2O3. The largest absolute Gasteiger partial charge is 0.497 e. The van der Waals surface area contributed by atoms with Crippen LogP contribution >= 0.6 is 0 Å². The molecule has 0 aliphatic carbocycles. The number of ether oxygens (including phenoxy) is 1. The second kappa shape index (κ2) is 8.87. The van der Waals surface area contributed by atoms with Crippen molar-refractivity contribution >= 4 is 17.5 Å². The minimum Gasteiger partial charge on any atom is -0.497 e. The minimum absolute atomic E-state index is 0.112. The molecule has 0 aliphatic heterocycles. The van der Waals surface area contributed by atoms with Crippen LogP contribution in [-0.4, -0.2) is 25.0 Å². The van der Waals surface area contributed by atoms with Crippen molar-refractivity contribution in [1.29, 1.82) is 0 Å². The molecule has 2 N–H and O–H groups in total. The van der Waals surface area contributed by atoms with E-state index >= 15 is 0 Å². The van der Waals surface area contributed by atoms with Crippen LogP contribution in [0.15, 0.2) is 48.5 Å². The molecule has 0 saturated carbocycles. The Balaban J connectivity index is 1.98. The molecule has 2 amide bonds. The van der Waals surface area contributed by atoms with Gasteiger partial charge in [-0.25, -0.2) is 0 Å². The van der Waals surface area contributed by atoms with Gasteiger partial charge in [-0.1, -0.05) is 25.1 Å². The van der Waals surface area contributed by atoms with Crippen molar-refractivity contribution in [2.24, 2.45) is 0 Å². The van der Waals surface area contributed by atoms with Crippen molar-refractivity contribution < 1.29 is 14.3 Å². The van der Waals surface area contributed by atoms with Gasteiger partial charge in [0, 0.05) is 17.3 Å². The monoisotopic (exact) mass is 340 g/mol. The van der Waals surface area contributed by atoms with E-state index in [9.17, 15) is 9.59 Å². The molecule has 132 valence electrons. The summed E-state index contributed by atoms with van der Waals surface area (Å²) in [7, 11) is 1.60. The lowest BCUT2D eigenvalue weighted by atomic mass is 10.1. The number of anilines is 1. The first-order chi connectivity index (χ1) is 12.0. The molecule has 25 heavy (non-hydrogen) atoms. The number of nitrogens with one attached hydrogen (secondary N) is 2. The number of methoxy groups -OCH3 is 1. The molecule has 2 aromatic carbocycles. The van der Waals surface area contributed by atoms with Crippen molar-refractivity contribution in [1.82, 2.24) is 5.32 Å². The maximum absolute atomic E-state index is 12.2. The highest BCUT2D eigenvalue weighted by atomic mass is 16.5. The van der Waals surface area contributed by atoms with Crippen LogP contribution in [0.25, 0.3) is 0 Å². The number of carbonyl (C=O) groups is 2.